The van der Waals surface area contributed by atoms with E-state index >= 15 is 0 Å². The fourth-order valence-electron chi connectivity index (χ4n) is 0.839. The molecule has 1 aromatic heterocycles. The van der Waals surface area contributed by atoms with Gasteiger partial charge in [-0.15, -0.1) is 11.6 Å². The molecule has 0 unspecified atom stereocenters. The second-order valence-electron chi connectivity index (χ2n) is 2.60. The molecule has 0 amide bonds. The third-order valence-corrected chi connectivity index (χ3v) is 1.59. The summed E-state index contributed by atoms with van der Waals surface area (Å²) in [6.45, 7) is 3.19. The van der Waals surface area contributed by atoms with Crippen LogP contribution in [-0.4, -0.2) is 22.6 Å². The number of ether oxygens (including phenoxy) is 1. The molecular weight excluding hydrogens is 192 g/mol. The first kappa shape index (κ1) is 10.5. The lowest BCUT2D eigenvalue weighted by Gasteiger charge is -1.95. The molecule has 13 heavy (non-hydrogen) atoms. The Balaban J connectivity index is 2.31. The number of aromatic nitrogens is 2. The number of halogens is 1. The number of nitrogens with zero attached hydrogens (tertiary/aromatic N) is 2. The van der Waals surface area contributed by atoms with E-state index < -0.39 is 0 Å². The van der Waals surface area contributed by atoms with Gasteiger partial charge in [-0.2, -0.15) is 4.98 Å². The highest BCUT2D eigenvalue weighted by Crippen LogP contribution is 2.00. The lowest BCUT2D eigenvalue weighted by Crippen LogP contribution is -1.96. The largest absolute Gasteiger partial charge is 0.373 e. The monoisotopic (exact) mass is 204 g/mol. The number of rotatable bonds is 6. The highest BCUT2D eigenvalue weighted by molar-refractivity contribution is 6.17. The van der Waals surface area contributed by atoms with Crippen LogP contribution in [0.4, 0.5) is 0 Å². The van der Waals surface area contributed by atoms with Crippen LogP contribution in [0.15, 0.2) is 4.52 Å². The molecule has 0 spiro atoms. The van der Waals surface area contributed by atoms with E-state index in [-0.39, 0.29) is 0 Å². The van der Waals surface area contributed by atoms with Gasteiger partial charge in [-0.1, -0.05) is 12.1 Å². The summed E-state index contributed by atoms with van der Waals surface area (Å²) in [4.78, 5) is 4.08. The average molecular weight is 205 g/mol. The highest BCUT2D eigenvalue weighted by Gasteiger charge is 2.04. The molecule has 0 aromatic carbocycles. The van der Waals surface area contributed by atoms with Crippen molar-refractivity contribution in [3.05, 3.63) is 11.7 Å². The van der Waals surface area contributed by atoms with Crippen molar-refractivity contribution in [2.75, 3.05) is 12.5 Å². The van der Waals surface area contributed by atoms with Crippen LogP contribution in [0.1, 0.15) is 25.1 Å². The maximum absolute atomic E-state index is 5.51. The zero-order chi connectivity index (χ0) is 9.52. The lowest BCUT2D eigenvalue weighted by atomic mass is 10.5. The molecule has 4 nitrogen and oxygen atoms in total. The molecule has 0 saturated carbocycles. The van der Waals surface area contributed by atoms with Crippen molar-refractivity contribution in [2.45, 2.75) is 26.4 Å². The van der Waals surface area contributed by atoms with Crippen molar-refractivity contribution in [2.24, 2.45) is 0 Å². The third-order valence-electron chi connectivity index (χ3n) is 1.40. The molecule has 0 N–H and O–H groups in total. The Morgan fingerprint density at radius 2 is 2.38 bits per heavy atom. The van der Waals surface area contributed by atoms with Gasteiger partial charge >= 0.3 is 0 Å². The molecule has 0 fully saturated rings. The molecule has 1 rings (SSSR count). The van der Waals surface area contributed by atoms with Crippen molar-refractivity contribution in [1.82, 2.24) is 10.1 Å². The Kier molecular flexibility index (Phi) is 4.78. The fourth-order valence-corrected chi connectivity index (χ4v) is 1.00. The van der Waals surface area contributed by atoms with E-state index in [0.29, 0.717) is 30.6 Å². The summed E-state index contributed by atoms with van der Waals surface area (Å²) in [5.41, 5.74) is 0. The average Bonchev–Trinajstić information content (AvgIpc) is 2.54. The van der Waals surface area contributed by atoms with Crippen LogP contribution < -0.4 is 0 Å². The molecule has 0 aliphatic carbocycles. The first-order valence-electron chi connectivity index (χ1n) is 4.32. The van der Waals surface area contributed by atoms with E-state index in [1.165, 1.54) is 0 Å². The van der Waals surface area contributed by atoms with E-state index in [2.05, 4.69) is 17.1 Å². The molecule has 0 atom stereocenters. The van der Waals surface area contributed by atoms with Gasteiger partial charge in [0.25, 0.3) is 0 Å². The topological polar surface area (TPSA) is 48.2 Å². The maximum Gasteiger partial charge on any atom is 0.227 e. The smallest absolute Gasteiger partial charge is 0.227 e. The summed E-state index contributed by atoms with van der Waals surface area (Å²) in [5, 5.41) is 3.74. The first-order valence-corrected chi connectivity index (χ1v) is 4.85. The third kappa shape index (κ3) is 3.74. The Morgan fingerprint density at radius 1 is 1.54 bits per heavy atom. The molecule has 5 heteroatoms. The van der Waals surface area contributed by atoms with Crippen molar-refractivity contribution in [1.29, 1.82) is 0 Å². The minimum absolute atomic E-state index is 0.416. The number of hydrogen-bond acceptors (Lipinski definition) is 4. The van der Waals surface area contributed by atoms with Crippen molar-refractivity contribution >= 4 is 11.6 Å². The van der Waals surface area contributed by atoms with Gasteiger partial charge in [0.05, 0.1) is 0 Å². The second kappa shape index (κ2) is 5.94. The summed E-state index contributed by atoms with van der Waals surface area (Å²) in [6, 6.07) is 0. The second-order valence-corrected chi connectivity index (χ2v) is 2.97. The van der Waals surface area contributed by atoms with Crippen LogP contribution in [0.5, 0.6) is 0 Å². The molecule has 0 saturated heterocycles. The standard InChI is InChI=1S/C8H13ClN2O2/c1-2-5-12-6-7-10-8(3-4-9)13-11-7/h2-6H2,1H3. The summed E-state index contributed by atoms with van der Waals surface area (Å²) in [5.74, 6) is 1.66. The zero-order valence-corrected chi connectivity index (χ0v) is 8.38. The summed E-state index contributed by atoms with van der Waals surface area (Å²) >= 11 is 5.51. The SMILES string of the molecule is CCCOCc1noc(CCCl)n1. The highest BCUT2D eigenvalue weighted by atomic mass is 35.5. The summed E-state index contributed by atoms with van der Waals surface area (Å²) in [6.07, 6.45) is 1.61. The first-order chi connectivity index (χ1) is 6.36. The van der Waals surface area contributed by atoms with Gasteiger partial charge < -0.3 is 9.26 Å². The van der Waals surface area contributed by atoms with Crippen molar-refractivity contribution in [3.8, 4) is 0 Å². The number of aryl methyl sites for hydroxylation is 1. The van der Waals surface area contributed by atoms with E-state index in [1.54, 1.807) is 0 Å². The molecule has 0 aliphatic rings. The van der Waals surface area contributed by atoms with Crippen LogP contribution in [0.2, 0.25) is 0 Å². The minimum atomic E-state index is 0.416. The molecule has 0 aliphatic heterocycles. The van der Waals surface area contributed by atoms with E-state index in [9.17, 15) is 0 Å². The van der Waals surface area contributed by atoms with Gasteiger partial charge in [-0.25, -0.2) is 0 Å². The Morgan fingerprint density at radius 3 is 3.08 bits per heavy atom. The van der Waals surface area contributed by atoms with Gasteiger partial charge in [0.1, 0.15) is 6.61 Å². The molecule has 74 valence electrons. The Bertz CT molecular complexity index is 240. The molecule has 1 aromatic rings. The predicted octanol–water partition coefficient (Wildman–Crippen LogP) is 1.78. The van der Waals surface area contributed by atoms with Gasteiger partial charge in [0.2, 0.25) is 5.89 Å². The lowest BCUT2D eigenvalue weighted by molar-refractivity contribution is 0.114. The predicted molar refractivity (Wildman–Crippen MR) is 48.7 cm³/mol. The quantitative estimate of drug-likeness (QED) is 0.524. The molecule has 0 bridgehead atoms. The van der Waals surface area contributed by atoms with Crippen LogP contribution in [0.3, 0.4) is 0 Å². The van der Waals surface area contributed by atoms with Gasteiger partial charge in [-0.3, -0.25) is 0 Å². The van der Waals surface area contributed by atoms with E-state index in [0.717, 1.165) is 13.0 Å². The van der Waals surface area contributed by atoms with Crippen LogP contribution in [0.25, 0.3) is 0 Å². The van der Waals surface area contributed by atoms with E-state index in [1.807, 2.05) is 0 Å². The van der Waals surface area contributed by atoms with Crippen LogP contribution in [0, 0.1) is 0 Å². The zero-order valence-electron chi connectivity index (χ0n) is 7.62. The minimum Gasteiger partial charge on any atom is -0.373 e. The molecular formula is C8H13ClN2O2. The normalized spacial score (nSPS) is 10.6. The molecule has 0 radical (unpaired) electrons. The maximum atomic E-state index is 5.51. The van der Waals surface area contributed by atoms with E-state index in [4.69, 9.17) is 20.9 Å². The van der Waals surface area contributed by atoms with Crippen LogP contribution in [-0.2, 0) is 17.8 Å². The fraction of sp³-hybridized carbons (Fsp3) is 0.750. The van der Waals surface area contributed by atoms with Crippen molar-refractivity contribution < 1.29 is 9.26 Å². The van der Waals surface area contributed by atoms with Gasteiger partial charge in [0, 0.05) is 18.9 Å². The van der Waals surface area contributed by atoms with Crippen LogP contribution >= 0.6 is 11.6 Å². The Labute approximate surface area is 82.2 Å². The summed E-state index contributed by atoms with van der Waals surface area (Å²) < 4.78 is 10.2. The number of alkyl halides is 1. The molecule has 1 heterocycles. The Hall–Kier alpha value is -0.610. The number of hydrogen-bond donors (Lipinski definition) is 0. The van der Waals surface area contributed by atoms with Crippen molar-refractivity contribution in [3.63, 3.8) is 0 Å². The van der Waals surface area contributed by atoms with Gasteiger partial charge in [0.15, 0.2) is 5.82 Å². The van der Waals surface area contributed by atoms with Gasteiger partial charge in [-0.05, 0) is 6.42 Å². The summed E-state index contributed by atoms with van der Waals surface area (Å²) in [7, 11) is 0.